The van der Waals surface area contributed by atoms with Crippen LogP contribution in [0.4, 0.5) is 4.39 Å². The summed E-state index contributed by atoms with van der Waals surface area (Å²) in [4.78, 5) is 28.9. The Kier molecular flexibility index (Phi) is 16.5. The molecular formula is C32H56FN3O2. The van der Waals surface area contributed by atoms with Gasteiger partial charge >= 0.3 is 0 Å². The number of carbonyl (C=O) groups excluding carboxylic acids is 2. The van der Waals surface area contributed by atoms with E-state index >= 15 is 0 Å². The normalized spacial score (nSPS) is 28.4. The fourth-order valence-corrected chi connectivity index (χ4v) is 5.96. The van der Waals surface area contributed by atoms with Crippen molar-refractivity contribution in [2.75, 3.05) is 20.1 Å². The molecule has 2 saturated carbocycles. The van der Waals surface area contributed by atoms with Crippen LogP contribution in [0.25, 0.3) is 0 Å². The summed E-state index contributed by atoms with van der Waals surface area (Å²) >= 11 is 0. The topological polar surface area (TPSA) is 43.9 Å². The molecule has 2 amide bonds. The second kappa shape index (κ2) is 18.4. The van der Waals surface area contributed by atoms with Crippen LogP contribution in [-0.2, 0) is 9.59 Å². The zero-order valence-electron chi connectivity index (χ0n) is 25.0. The van der Waals surface area contributed by atoms with Crippen LogP contribution < -0.4 is 0 Å². The third-order valence-electron chi connectivity index (χ3n) is 8.37. The Morgan fingerprint density at radius 2 is 1.53 bits per heavy atom. The highest BCUT2D eigenvalue weighted by Crippen LogP contribution is 2.48. The molecule has 3 heterocycles. The van der Waals surface area contributed by atoms with Gasteiger partial charge in [-0.15, -0.1) is 0 Å². The smallest absolute Gasteiger partial charge is 0.222 e. The van der Waals surface area contributed by atoms with E-state index in [0.717, 1.165) is 51.6 Å². The van der Waals surface area contributed by atoms with Gasteiger partial charge in [-0.25, -0.2) is 4.39 Å². The summed E-state index contributed by atoms with van der Waals surface area (Å²) in [7, 11) is 2.16. The van der Waals surface area contributed by atoms with Crippen molar-refractivity contribution in [2.45, 2.75) is 135 Å². The maximum atomic E-state index is 13.0. The van der Waals surface area contributed by atoms with E-state index in [-0.39, 0.29) is 0 Å². The van der Waals surface area contributed by atoms with E-state index < -0.39 is 6.17 Å². The van der Waals surface area contributed by atoms with Crippen molar-refractivity contribution in [1.82, 2.24) is 14.7 Å². The number of allylic oxidation sites excluding steroid dienone is 4. The maximum absolute atomic E-state index is 13.0. The molecule has 0 bridgehead atoms. The number of halogens is 1. The van der Waals surface area contributed by atoms with Crippen LogP contribution in [0, 0.1) is 0 Å². The number of likely N-dealkylation sites (tertiary alicyclic amines) is 1. The Balaban J connectivity index is 0.000000316. The van der Waals surface area contributed by atoms with Crippen LogP contribution in [0.15, 0.2) is 37.5 Å². The highest BCUT2D eigenvalue weighted by atomic mass is 19.1. The molecule has 5 aliphatic rings. The molecule has 0 aromatic rings. The van der Waals surface area contributed by atoms with E-state index in [1.807, 2.05) is 44.7 Å². The van der Waals surface area contributed by atoms with Gasteiger partial charge in [0.05, 0.1) is 0 Å². The lowest BCUT2D eigenvalue weighted by Crippen LogP contribution is -2.51. The zero-order chi connectivity index (χ0) is 28.6. The summed E-state index contributed by atoms with van der Waals surface area (Å²) in [6.07, 6.45) is 20.1. The molecule has 1 spiro atoms. The molecule has 3 aliphatic heterocycles. The van der Waals surface area contributed by atoms with Crippen LogP contribution in [0.3, 0.4) is 0 Å². The second-order valence-corrected chi connectivity index (χ2v) is 10.5. The summed E-state index contributed by atoms with van der Waals surface area (Å²) in [6.45, 7) is 16.9. The number of rotatable bonds is 5. The minimum atomic E-state index is -0.578. The number of alkyl halides is 1. The van der Waals surface area contributed by atoms with Crippen LogP contribution in [-0.4, -0.2) is 77.0 Å². The molecule has 3 saturated heterocycles. The Morgan fingerprint density at radius 1 is 0.895 bits per heavy atom. The first-order chi connectivity index (χ1) is 18.4. The fourth-order valence-electron chi connectivity index (χ4n) is 5.96. The third kappa shape index (κ3) is 9.98. The van der Waals surface area contributed by atoms with Gasteiger partial charge in [0, 0.05) is 43.2 Å². The average Bonchev–Trinajstić information content (AvgIpc) is 3.36. The monoisotopic (exact) mass is 533 g/mol. The van der Waals surface area contributed by atoms with Crippen molar-refractivity contribution < 1.29 is 14.0 Å². The van der Waals surface area contributed by atoms with E-state index in [1.165, 1.54) is 25.7 Å². The molecule has 5 nitrogen and oxygen atoms in total. The first-order valence-corrected chi connectivity index (χ1v) is 15.2. The number of hydrogen-bond donors (Lipinski definition) is 0. The van der Waals surface area contributed by atoms with Gasteiger partial charge in [0.1, 0.15) is 6.17 Å². The summed E-state index contributed by atoms with van der Waals surface area (Å²) < 4.78 is 13.0. The quantitative estimate of drug-likeness (QED) is 0.280. The molecule has 0 N–H and O–H groups in total. The SMILES string of the molecule is C=C/C=C\C=C.CC.CC.CN(C1CC(F)C1)C1CCCC(=O)N2CCC[C@@H]2C1.O=CN1CCCC12CC2. The molecule has 218 valence electrons. The fraction of sp³-hybridized carbons (Fsp3) is 0.750. The predicted octanol–water partition coefficient (Wildman–Crippen LogP) is 7.09. The van der Waals surface area contributed by atoms with Crippen molar-refractivity contribution in [2.24, 2.45) is 0 Å². The maximum Gasteiger partial charge on any atom is 0.222 e. The lowest BCUT2D eigenvalue weighted by atomic mass is 9.86. The van der Waals surface area contributed by atoms with E-state index in [2.05, 4.69) is 30.0 Å². The average molecular weight is 534 g/mol. The molecule has 5 fully saturated rings. The Hall–Kier alpha value is -1.95. The molecule has 0 aromatic carbocycles. The van der Waals surface area contributed by atoms with Gasteiger partial charge < -0.3 is 14.7 Å². The number of hydrogen-bond acceptors (Lipinski definition) is 3. The van der Waals surface area contributed by atoms with E-state index in [1.54, 1.807) is 12.2 Å². The molecule has 5 rings (SSSR count). The number of nitrogens with zero attached hydrogens (tertiary/aromatic N) is 3. The Bertz CT molecular complexity index is 720. The van der Waals surface area contributed by atoms with Crippen LogP contribution in [0.2, 0.25) is 0 Å². The molecule has 0 aromatic heterocycles. The Morgan fingerprint density at radius 3 is 2.03 bits per heavy atom. The molecule has 38 heavy (non-hydrogen) atoms. The van der Waals surface area contributed by atoms with Crippen molar-refractivity contribution in [3.63, 3.8) is 0 Å². The standard InChI is InChI=1S/C15H25FN2O.C7H11NO.C6H8.2C2H6/c1-17(14-8-11(16)9-14)12-4-2-6-15(19)18-7-3-5-13(18)10-12;9-6-8-5-1-2-7(8)3-4-7;1-3-5-6-4-2;2*1-2/h11-14H,2-10H2,1H3;6H,1-5H2;3-6H,1-2H2;2*1-2H3/b;;6-5-;;/t11?,12?,13-,14?;;;;/m1..../s1. The molecule has 2 aliphatic carbocycles. The number of amides is 2. The minimum Gasteiger partial charge on any atom is -0.340 e. The minimum absolute atomic E-state index is 0.357. The number of fused-ring (bicyclic) bond motifs is 1. The summed E-state index contributed by atoms with van der Waals surface area (Å²) in [6, 6.07) is 1.42. The third-order valence-corrected chi connectivity index (χ3v) is 8.37. The molecule has 6 heteroatoms. The van der Waals surface area contributed by atoms with Gasteiger partial charge in [-0.05, 0) is 77.7 Å². The largest absolute Gasteiger partial charge is 0.340 e. The molecule has 2 atom stereocenters. The van der Waals surface area contributed by atoms with Crippen LogP contribution in [0.5, 0.6) is 0 Å². The highest BCUT2D eigenvalue weighted by Gasteiger charge is 2.50. The van der Waals surface area contributed by atoms with Gasteiger partial charge in [-0.2, -0.15) is 0 Å². The second-order valence-electron chi connectivity index (χ2n) is 10.5. The lowest BCUT2D eigenvalue weighted by Gasteiger charge is -2.44. The van der Waals surface area contributed by atoms with Crippen LogP contribution >= 0.6 is 0 Å². The summed E-state index contributed by atoms with van der Waals surface area (Å²) in [5.41, 5.74) is 0.377. The summed E-state index contributed by atoms with van der Waals surface area (Å²) in [5, 5.41) is 0. The first-order valence-electron chi connectivity index (χ1n) is 15.2. The molecular weight excluding hydrogens is 477 g/mol. The lowest BCUT2D eigenvalue weighted by molar-refractivity contribution is -0.133. The molecule has 1 unspecified atom stereocenters. The first kappa shape index (κ1) is 34.1. The highest BCUT2D eigenvalue weighted by molar-refractivity contribution is 5.76. The van der Waals surface area contributed by atoms with Crippen molar-refractivity contribution in [3.8, 4) is 0 Å². The Labute approximate surface area is 233 Å². The van der Waals surface area contributed by atoms with Crippen LogP contribution in [0.1, 0.15) is 105 Å². The van der Waals surface area contributed by atoms with E-state index in [0.29, 0.717) is 48.8 Å². The van der Waals surface area contributed by atoms with Crippen molar-refractivity contribution >= 4 is 12.3 Å². The number of carbonyl (C=O) groups is 2. The summed E-state index contributed by atoms with van der Waals surface area (Å²) in [5.74, 6) is 0.357. The predicted molar refractivity (Wildman–Crippen MR) is 159 cm³/mol. The molecule has 0 radical (unpaired) electrons. The van der Waals surface area contributed by atoms with Gasteiger partial charge in [0.25, 0.3) is 0 Å². The van der Waals surface area contributed by atoms with Gasteiger partial charge in [-0.1, -0.05) is 65.2 Å². The van der Waals surface area contributed by atoms with Gasteiger partial charge in [0.2, 0.25) is 12.3 Å². The van der Waals surface area contributed by atoms with E-state index in [4.69, 9.17) is 0 Å². The van der Waals surface area contributed by atoms with Crippen molar-refractivity contribution in [1.29, 1.82) is 0 Å². The van der Waals surface area contributed by atoms with Crippen molar-refractivity contribution in [3.05, 3.63) is 37.5 Å². The van der Waals surface area contributed by atoms with Gasteiger partial charge in [-0.3, -0.25) is 9.59 Å². The zero-order valence-corrected chi connectivity index (χ0v) is 25.0. The van der Waals surface area contributed by atoms with Gasteiger partial charge in [0.15, 0.2) is 0 Å². The van der Waals surface area contributed by atoms with E-state index in [9.17, 15) is 14.0 Å².